The first kappa shape index (κ1) is 11.6. The average Bonchev–Trinajstić information content (AvgIpc) is 2.20. The van der Waals surface area contributed by atoms with E-state index in [4.69, 9.17) is 5.73 Å². The van der Waals surface area contributed by atoms with Crippen molar-refractivity contribution in [2.24, 2.45) is 5.73 Å². The van der Waals surface area contributed by atoms with Crippen molar-refractivity contribution >= 4 is 5.69 Å². The maximum atomic E-state index is 10.6. The molecule has 0 saturated carbocycles. The highest BCUT2D eigenvalue weighted by atomic mass is 16.6. The SMILES string of the molecule is Cc1ccc(CC(O)CN)cc1[N+](=O)[O-]. The van der Waals surface area contributed by atoms with Crippen molar-refractivity contribution in [1.82, 2.24) is 0 Å². The zero-order chi connectivity index (χ0) is 11.4. The van der Waals surface area contributed by atoms with Crippen LogP contribution in [0.3, 0.4) is 0 Å². The number of nitrogens with zero attached hydrogens (tertiary/aromatic N) is 1. The molecule has 82 valence electrons. The smallest absolute Gasteiger partial charge is 0.272 e. The standard InChI is InChI=1S/C10H14N2O3/c1-7-2-3-8(4-9(13)6-11)5-10(7)12(14)15/h2-3,5,9,13H,4,6,11H2,1H3. The van der Waals surface area contributed by atoms with E-state index in [0.717, 1.165) is 5.56 Å². The van der Waals surface area contributed by atoms with Gasteiger partial charge in [-0.2, -0.15) is 0 Å². The number of benzene rings is 1. The van der Waals surface area contributed by atoms with E-state index in [2.05, 4.69) is 0 Å². The van der Waals surface area contributed by atoms with Crippen LogP contribution in [0.2, 0.25) is 0 Å². The lowest BCUT2D eigenvalue weighted by molar-refractivity contribution is -0.385. The molecule has 1 rings (SSSR count). The average molecular weight is 210 g/mol. The van der Waals surface area contributed by atoms with Crippen molar-refractivity contribution in [1.29, 1.82) is 0 Å². The fourth-order valence-electron chi connectivity index (χ4n) is 1.33. The van der Waals surface area contributed by atoms with Gasteiger partial charge in [0.1, 0.15) is 0 Å². The highest BCUT2D eigenvalue weighted by molar-refractivity contribution is 5.42. The lowest BCUT2D eigenvalue weighted by Crippen LogP contribution is -2.22. The van der Waals surface area contributed by atoms with Crippen LogP contribution in [-0.4, -0.2) is 22.7 Å². The van der Waals surface area contributed by atoms with E-state index >= 15 is 0 Å². The molecule has 0 saturated heterocycles. The van der Waals surface area contributed by atoms with Gasteiger partial charge in [0, 0.05) is 18.2 Å². The molecule has 1 aromatic carbocycles. The third-order valence-electron chi connectivity index (χ3n) is 2.21. The second-order valence-corrected chi connectivity index (χ2v) is 3.47. The Labute approximate surface area is 87.7 Å². The fourth-order valence-corrected chi connectivity index (χ4v) is 1.33. The maximum Gasteiger partial charge on any atom is 0.272 e. The minimum atomic E-state index is -0.646. The van der Waals surface area contributed by atoms with Gasteiger partial charge in [-0.05, 0) is 18.9 Å². The summed E-state index contributed by atoms with van der Waals surface area (Å²) >= 11 is 0. The first-order valence-corrected chi connectivity index (χ1v) is 4.66. The number of hydrogen-bond acceptors (Lipinski definition) is 4. The molecular formula is C10H14N2O3. The summed E-state index contributed by atoms with van der Waals surface area (Å²) < 4.78 is 0. The Balaban J connectivity index is 2.92. The van der Waals surface area contributed by atoms with Crippen molar-refractivity contribution in [3.63, 3.8) is 0 Å². The van der Waals surface area contributed by atoms with E-state index in [0.29, 0.717) is 12.0 Å². The lowest BCUT2D eigenvalue weighted by atomic mass is 10.0. The molecule has 0 fully saturated rings. The van der Waals surface area contributed by atoms with E-state index in [-0.39, 0.29) is 12.2 Å². The largest absolute Gasteiger partial charge is 0.391 e. The molecular weight excluding hydrogens is 196 g/mol. The van der Waals surface area contributed by atoms with Gasteiger partial charge < -0.3 is 10.8 Å². The van der Waals surface area contributed by atoms with E-state index in [9.17, 15) is 15.2 Å². The predicted octanol–water partition coefficient (Wildman–Crippen LogP) is 0.765. The van der Waals surface area contributed by atoms with Crippen molar-refractivity contribution in [2.75, 3.05) is 6.54 Å². The molecule has 5 heteroatoms. The molecule has 0 heterocycles. The van der Waals surface area contributed by atoms with Gasteiger partial charge in [-0.25, -0.2) is 0 Å². The summed E-state index contributed by atoms with van der Waals surface area (Å²) in [5.74, 6) is 0. The second-order valence-electron chi connectivity index (χ2n) is 3.47. The molecule has 0 radical (unpaired) electrons. The van der Waals surface area contributed by atoms with Crippen LogP contribution in [-0.2, 0) is 6.42 Å². The Hall–Kier alpha value is -1.46. The van der Waals surface area contributed by atoms with Gasteiger partial charge in [-0.15, -0.1) is 0 Å². The van der Waals surface area contributed by atoms with Gasteiger partial charge in [-0.3, -0.25) is 10.1 Å². The molecule has 1 aromatic rings. The summed E-state index contributed by atoms with van der Waals surface area (Å²) in [7, 11) is 0. The van der Waals surface area contributed by atoms with E-state index < -0.39 is 11.0 Å². The molecule has 0 spiro atoms. The summed E-state index contributed by atoms with van der Waals surface area (Å²) in [5, 5.41) is 20.0. The van der Waals surface area contributed by atoms with Gasteiger partial charge in [0.2, 0.25) is 0 Å². The maximum absolute atomic E-state index is 10.6. The monoisotopic (exact) mass is 210 g/mol. The number of aryl methyl sites for hydroxylation is 1. The zero-order valence-corrected chi connectivity index (χ0v) is 8.51. The van der Waals surface area contributed by atoms with Gasteiger partial charge in [-0.1, -0.05) is 12.1 Å². The Bertz CT molecular complexity index is 366. The number of aliphatic hydroxyl groups excluding tert-OH is 1. The molecule has 15 heavy (non-hydrogen) atoms. The molecule has 3 N–H and O–H groups in total. The molecule has 0 aromatic heterocycles. The Morgan fingerprint density at radius 3 is 2.80 bits per heavy atom. The Morgan fingerprint density at radius 1 is 1.60 bits per heavy atom. The summed E-state index contributed by atoms with van der Waals surface area (Å²) in [6.07, 6.45) is -0.301. The Morgan fingerprint density at radius 2 is 2.27 bits per heavy atom. The summed E-state index contributed by atoms with van der Waals surface area (Å²) in [6.45, 7) is 1.84. The number of rotatable bonds is 4. The van der Waals surface area contributed by atoms with Crippen LogP contribution in [0.1, 0.15) is 11.1 Å². The molecule has 0 bridgehead atoms. The minimum absolute atomic E-state index is 0.0803. The third-order valence-corrected chi connectivity index (χ3v) is 2.21. The highest BCUT2D eigenvalue weighted by Crippen LogP contribution is 2.19. The van der Waals surface area contributed by atoms with Crippen LogP contribution in [0, 0.1) is 17.0 Å². The highest BCUT2D eigenvalue weighted by Gasteiger charge is 2.12. The number of nitro groups is 1. The van der Waals surface area contributed by atoms with Crippen LogP contribution in [0.15, 0.2) is 18.2 Å². The molecule has 0 aliphatic rings. The summed E-state index contributed by atoms with van der Waals surface area (Å²) in [6, 6.07) is 4.92. The van der Waals surface area contributed by atoms with Crippen LogP contribution >= 0.6 is 0 Å². The normalized spacial score (nSPS) is 12.5. The third kappa shape index (κ3) is 3.00. The first-order chi connectivity index (χ1) is 7.04. The number of nitro benzene ring substituents is 1. The van der Waals surface area contributed by atoms with E-state index in [1.165, 1.54) is 6.07 Å². The molecule has 0 aliphatic heterocycles. The van der Waals surface area contributed by atoms with Crippen molar-refractivity contribution in [3.8, 4) is 0 Å². The second kappa shape index (κ2) is 4.86. The molecule has 0 amide bonds. The van der Waals surface area contributed by atoms with Crippen LogP contribution in [0.4, 0.5) is 5.69 Å². The van der Waals surface area contributed by atoms with Gasteiger partial charge >= 0.3 is 0 Å². The fraction of sp³-hybridized carbons (Fsp3) is 0.400. The van der Waals surface area contributed by atoms with Crippen molar-refractivity contribution in [2.45, 2.75) is 19.4 Å². The number of hydrogen-bond donors (Lipinski definition) is 2. The van der Waals surface area contributed by atoms with Gasteiger partial charge in [0.25, 0.3) is 5.69 Å². The lowest BCUT2D eigenvalue weighted by Gasteiger charge is -2.07. The Kier molecular flexibility index (Phi) is 3.76. The van der Waals surface area contributed by atoms with E-state index in [1.54, 1.807) is 19.1 Å². The van der Waals surface area contributed by atoms with Crippen LogP contribution < -0.4 is 5.73 Å². The van der Waals surface area contributed by atoms with Crippen molar-refractivity contribution < 1.29 is 10.0 Å². The van der Waals surface area contributed by atoms with Crippen LogP contribution in [0.5, 0.6) is 0 Å². The summed E-state index contributed by atoms with van der Waals surface area (Å²) in [4.78, 5) is 10.2. The molecule has 1 unspecified atom stereocenters. The zero-order valence-electron chi connectivity index (χ0n) is 8.51. The topological polar surface area (TPSA) is 89.4 Å². The van der Waals surface area contributed by atoms with Crippen molar-refractivity contribution in [3.05, 3.63) is 39.4 Å². The van der Waals surface area contributed by atoms with Gasteiger partial charge in [0.15, 0.2) is 0 Å². The van der Waals surface area contributed by atoms with Gasteiger partial charge in [0.05, 0.1) is 11.0 Å². The summed E-state index contributed by atoms with van der Waals surface area (Å²) in [5.41, 5.74) is 6.69. The molecule has 5 nitrogen and oxygen atoms in total. The number of nitrogens with two attached hydrogens (primary N) is 1. The quantitative estimate of drug-likeness (QED) is 0.567. The number of aliphatic hydroxyl groups is 1. The minimum Gasteiger partial charge on any atom is -0.391 e. The van der Waals surface area contributed by atoms with E-state index in [1.807, 2.05) is 0 Å². The predicted molar refractivity (Wildman–Crippen MR) is 56.6 cm³/mol. The van der Waals surface area contributed by atoms with Crippen LogP contribution in [0.25, 0.3) is 0 Å². The molecule has 1 atom stereocenters. The molecule has 0 aliphatic carbocycles. The first-order valence-electron chi connectivity index (χ1n) is 4.66.